The number of benzene rings is 1. The summed E-state index contributed by atoms with van der Waals surface area (Å²) in [4.78, 5) is 31.0. The van der Waals surface area contributed by atoms with Gasteiger partial charge in [0.1, 0.15) is 5.82 Å². The van der Waals surface area contributed by atoms with Gasteiger partial charge in [-0.05, 0) is 44.0 Å². The zero-order valence-electron chi connectivity index (χ0n) is 14.0. The Bertz CT molecular complexity index is 759. The normalized spacial score (nSPS) is 17.2. The van der Waals surface area contributed by atoms with Gasteiger partial charge >= 0.3 is 0 Å². The molecule has 6 heteroatoms. The zero-order chi connectivity index (χ0) is 17.8. The van der Waals surface area contributed by atoms with Crippen molar-refractivity contribution in [3.63, 3.8) is 0 Å². The van der Waals surface area contributed by atoms with Crippen LogP contribution in [-0.2, 0) is 4.79 Å². The number of likely N-dealkylation sites (tertiary alicyclic amines) is 1. The average molecular weight is 358 g/mol. The first-order chi connectivity index (χ1) is 12.0. The Balaban J connectivity index is 1.63. The van der Waals surface area contributed by atoms with Crippen LogP contribution in [0.1, 0.15) is 28.8 Å². The first kappa shape index (κ1) is 17.4. The number of nitrogens with one attached hydrogen (secondary N) is 1. The number of carbonyl (C=O) groups is 2. The number of carbonyl (C=O) groups excluding carboxylic acids is 2. The molecule has 0 bridgehead atoms. The molecule has 0 saturated carbocycles. The van der Waals surface area contributed by atoms with Crippen molar-refractivity contribution in [1.82, 2.24) is 9.88 Å². The standard InChI is InChI=1S/C19H20ClN3O2/c1-13-4-6-14(7-5-13)19(25)23-10-2-3-15(12-23)18(24)22-17-9-8-16(20)11-21-17/h4-9,11,15H,2-3,10,12H2,1H3,(H,21,22,24). The Morgan fingerprint density at radius 2 is 1.96 bits per heavy atom. The van der Waals surface area contributed by atoms with Crippen molar-refractivity contribution in [3.05, 3.63) is 58.7 Å². The van der Waals surface area contributed by atoms with E-state index in [1.54, 1.807) is 17.0 Å². The van der Waals surface area contributed by atoms with E-state index in [2.05, 4.69) is 10.3 Å². The molecule has 1 N–H and O–H groups in total. The van der Waals surface area contributed by atoms with Crippen LogP contribution in [0.15, 0.2) is 42.6 Å². The Kier molecular flexibility index (Phi) is 5.34. The molecule has 1 saturated heterocycles. The molecule has 1 aromatic carbocycles. The van der Waals surface area contributed by atoms with Gasteiger partial charge in [-0.2, -0.15) is 0 Å². The fourth-order valence-corrected chi connectivity index (χ4v) is 3.04. The van der Waals surface area contributed by atoms with Crippen molar-refractivity contribution in [1.29, 1.82) is 0 Å². The maximum atomic E-state index is 12.6. The summed E-state index contributed by atoms with van der Waals surface area (Å²) in [5.41, 5.74) is 1.77. The zero-order valence-corrected chi connectivity index (χ0v) is 14.8. The van der Waals surface area contributed by atoms with Crippen molar-refractivity contribution in [3.8, 4) is 0 Å². The fraction of sp³-hybridized carbons (Fsp3) is 0.316. The number of pyridine rings is 1. The predicted molar refractivity (Wildman–Crippen MR) is 97.7 cm³/mol. The lowest BCUT2D eigenvalue weighted by atomic mass is 9.96. The van der Waals surface area contributed by atoms with Gasteiger partial charge in [-0.1, -0.05) is 29.3 Å². The number of halogens is 1. The number of aromatic nitrogens is 1. The average Bonchev–Trinajstić information content (AvgIpc) is 2.64. The molecular weight excluding hydrogens is 338 g/mol. The highest BCUT2D eigenvalue weighted by Gasteiger charge is 2.29. The molecule has 2 heterocycles. The van der Waals surface area contributed by atoms with Gasteiger partial charge in [-0.25, -0.2) is 4.98 Å². The minimum Gasteiger partial charge on any atom is -0.338 e. The van der Waals surface area contributed by atoms with E-state index in [0.717, 1.165) is 18.4 Å². The summed E-state index contributed by atoms with van der Waals surface area (Å²) >= 11 is 5.80. The quantitative estimate of drug-likeness (QED) is 0.913. The van der Waals surface area contributed by atoms with Gasteiger partial charge in [-0.15, -0.1) is 0 Å². The second-order valence-corrected chi connectivity index (χ2v) is 6.74. The van der Waals surface area contributed by atoms with Crippen LogP contribution < -0.4 is 5.32 Å². The van der Waals surface area contributed by atoms with Crippen molar-refractivity contribution in [2.75, 3.05) is 18.4 Å². The van der Waals surface area contributed by atoms with Gasteiger partial charge in [0.25, 0.3) is 5.91 Å². The number of hydrogen-bond donors (Lipinski definition) is 1. The van der Waals surface area contributed by atoms with Crippen LogP contribution in [0.25, 0.3) is 0 Å². The van der Waals surface area contributed by atoms with E-state index in [1.807, 2.05) is 31.2 Å². The molecule has 1 aliphatic rings. The monoisotopic (exact) mass is 357 g/mol. The summed E-state index contributed by atoms with van der Waals surface area (Å²) < 4.78 is 0. The molecule has 130 valence electrons. The van der Waals surface area contributed by atoms with Crippen LogP contribution in [0, 0.1) is 12.8 Å². The number of piperidine rings is 1. The number of rotatable bonds is 3. The van der Waals surface area contributed by atoms with Crippen LogP contribution >= 0.6 is 11.6 Å². The Morgan fingerprint density at radius 1 is 1.20 bits per heavy atom. The first-order valence-electron chi connectivity index (χ1n) is 8.31. The molecule has 1 aromatic heterocycles. The maximum Gasteiger partial charge on any atom is 0.253 e. The third-order valence-electron chi connectivity index (χ3n) is 4.36. The number of anilines is 1. The smallest absolute Gasteiger partial charge is 0.253 e. The van der Waals surface area contributed by atoms with Crippen molar-refractivity contribution in [2.24, 2.45) is 5.92 Å². The number of amides is 2. The first-order valence-corrected chi connectivity index (χ1v) is 8.69. The van der Waals surface area contributed by atoms with Gasteiger partial charge in [0, 0.05) is 24.8 Å². The van der Waals surface area contributed by atoms with Crippen LogP contribution in [0.4, 0.5) is 5.82 Å². The second-order valence-electron chi connectivity index (χ2n) is 6.31. The molecule has 1 fully saturated rings. The largest absolute Gasteiger partial charge is 0.338 e. The molecule has 2 amide bonds. The molecule has 0 radical (unpaired) electrons. The van der Waals surface area contributed by atoms with Crippen molar-refractivity contribution >= 4 is 29.2 Å². The molecule has 3 rings (SSSR count). The molecule has 1 aliphatic heterocycles. The highest BCUT2D eigenvalue weighted by Crippen LogP contribution is 2.21. The lowest BCUT2D eigenvalue weighted by Gasteiger charge is -2.32. The molecule has 2 aromatic rings. The van der Waals surface area contributed by atoms with Crippen molar-refractivity contribution in [2.45, 2.75) is 19.8 Å². The Morgan fingerprint density at radius 3 is 2.64 bits per heavy atom. The summed E-state index contributed by atoms with van der Waals surface area (Å²) in [7, 11) is 0. The minimum atomic E-state index is -0.236. The molecular formula is C19H20ClN3O2. The summed E-state index contributed by atoms with van der Waals surface area (Å²) in [6, 6.07) is 10.9. The van der Waals surface area contributed by atoms with E-state index >= 15 is 0 Å². The van der Waals surface area contributed by atoms with E-state index in [9.17, 15) is 9.59 Å². The molecule has 0 spiro atoms. The van der Waals surface area contributed by atoms with Crippen LogP contribution in [0.3, 0.4) is 0 Å². The number of aryl methyl sites for hydroxylation is 1. The van der Waals surface area contributed by atoms with Gasteiger partial charge < -0.3 is 10.2 Å². The molecule has 5 nitrogen and oxygen atoms in total. The third kappa shape index (κ3) is 4.37. The van der Waals surface area contributed by atoms with Crippen LogP contribution in [0.2, 0.25) is 5.02 Å². The van der Waals surface area contributed by atoms with E-state index in [4.69, 9.17) is 11.6 Å². The molecule has 1 unspecified atom stereocenters. The maximum absolute atomic E-state index is 12.6. The van der Waals surface area contributed by atoms with Crippen molar-refractivity contribution < 1.29 is 9.59 Å². The fourth-order valence-electron chi connectivity index (χ4n) is 2.93. The Labute approximate surface area is 152 Å². The molecule has 25 heavy (non-hydrogen) atoms. The van der Waals surface area contributed by atoms with Gasteiger partial charge in [0.15, 0.2) is 0 Å². The lowest BCUT2D eigenvalue weighted by Crippen LogP contribution is -2.43. The van der Waals surface area contributed by atoms with Gasteiger partial charge in [0.05, 0.1) is 10.9 Å². The van der Waals surface area contributed by atoms with E-state index in [1.165, 1.54) is 6.20 Å². The Hall–Kier alpha value is -2.40. The minimum absolute atomic E-state index is 0.0258. The number of hydrogen-bond acceptors (Lipinski definition) is 3. The topological polar surface area (TPSA) is 62.3 Å². The summed E-state index contributed by atoms with van der Waals surface area (Å²) in [5.74, 6) is 0.0929. The lowest BCUT2D eigenvalue weighted by molar-refractivity contribution is -0.121. The SMILES string of the molecule is Cc1ccc(C(=O)N2CCCC(C(=O)Nc3ccc(Cl)cn3)C2)cc1. The predicted octanol–water partition coefficient (Wildman–Crippen LogP) is 3.53. The van der Waals surface area contributed by atoms with Crippen LogP contribution in [0.5, 0.6) is 0 Å². The number of nitrogens with zero attached hydrogens (tertiary/aromatic N) is 2. The van der Waals surface area contributed by atoms with E-state index in [0.29, 0.717) is 29.5 Å². The summed E-state index contributed by atoms with van der Waals surface area (Å²) in [6.45, 7) is 3.09. The highest BCUT2D eigenvalue weighted by atomic mass is 35.5. The third-order valence-corrected chi connectivity index (χ3v) is 4.58. The molecule has 1 atom stereocenters. The van der Waals surface area contributed by atoms with E-state index < -0.39 is 0 Å². The van der Waals surface area contributed by atoms with Gasteiger partial charge in [-0.3, -0.25) is 9.59 Å². The van der Waals surface area contributed by atoms with Crippen LogP contribution in [-0.4, -0.2) is 34.8 Å². The summed E-state index contributed by atoms with van der Waals surface area (Å²) in [5, 5.41) is 3.32. The van der Waals surface area contributed by atoms with E-state index in [-0.39, 0.29) is 17.7 Å². The second kappa shape index (κ2) is 7.66. The molecule has 0 aliphatic carbocycles. The van der Waals surface area contributed by atoms with Gasteiger partial charge in [0.2, 0.25) is 5.91 Å². The highest BCUT2D eigenvalue weighted by molar-refractivity contribution is 6.30. The summed E-state index contributed by atoms with van der Waals surface area (Å²) in [6.07, 6.45) is 3.06.